The van der Waals surface area contributed by atoms with Gasteiger partial charge >= 0.3 is 0 Å². The van der Waals surface area contributed by atoms with Crippen LogP contribution in [0.4, 0.5) is 11.5 Å². The van der Waals surface area contributed by atoms with Gasteiger partial charge in [-0.2, -0.15) is 0 Å². The fourth-order valence-corrected chi connectivity index (χ4v) is 1.69. The third-order valence-electron chi connectivity index (χ3n) is 2.51. The number of rotatable bonds is 4. The number of hydrogen-bond acceptors (Lipinski definition) is 7. The predicted molar refractivity (Wildman–Crippen MR) is 72.8 cm³/mol. The van der Waals surface area contributed by atoms with Gasteiger partial charge < -0.3 is 10.2 Å². The third kappa shape index (κ3) is 2.76. The van der Waals surface area contributed by atoms with Gasteiger partial charge in [-0.15, -0.1) is 0 Å². The lowest BCUT2D eigenvalue weighted by molar-refractivity contribution is -0.384. The lowest BCUT2D eigenvalue weighted by atomic mass is 10.3. The first-order chi connectivity index (χ1) is 9.52. The number of benzene rings is 1. The summed E-state index contributed by atoms with van der Waals surface area (Å²) in [6, 6.07) is 3.90. The van der Waals surface area contributed by atoms with Crippen molar-refractivity contribution in [2.45, 2.75) is 6.92 Å². The maximum Gasteiger partial charge on any atom is 0.271 e. The van der Waals surface area contributed by atoms with Crippen LogP contribution in [-0.4, -0.2) is 14.9 Å². The second-order valence-electron chi connectivity index (χ2n) is 3.77. The standard InChI is InChI=1S/C11H10ClN5O3/c1-6-10(16-13)14-5-15-11(6)20-9-3-2-7(17(18)19)4-8(9)12/h2-5H,13H2,1H3,(H,14,15,16). The van der Waals surface area contributed by atoms with Crippen molar-refractivity contribution in [3.05, 3.63) is 45.2 Å². The first-order valence-corrected chi connectivity index (χ1v) is 5.80. The maximum atomic E-state index is 10.6. The van der Waals surface area contributed by atoms with Crippen LogP contribution in [0.5, 0.6) is 11.6 Å². The maximum absolute atomic E-state index is 10.6. The van der Waals surface area contributed by atoms with Crippen molar-refractivity contribution >= 4 is 23.1 Å². The Kier molecular flexibility index (Phi) is 3.97. The monoisotopic (exact) mass is 295 g/mol. The minimum Gasteiger partial charge on any atom is -0.437 e. The number of nitrogens with zero attached hydrogens (tertiary/aromatic N) is 3. The number of halogens is 1. The molecule has 1 heterocycles. The number of anilines is 1. The molecule has 0 saturated carbocycles. The second kappa shape index (κ2) is 5.68. The SMILES string of the molecule is Cc1c(NN)ncnc1Oc1ccc([N+](=O)[O-])cc1Cl. The van der Waals surface area contributed by atoms with Crippen LogP contribution in [0.2, 0.25) is 5.02 Å². The Hall–Kier alpha value is -2.45. The van der Waals surface area contributed by atoms with Crippen LogP contribution < -0.4 is 16.0 Å². The molecule has 0 atom stereocenters. The number of ether oxygens (including phenoxy) is 1. The van der Waals surface area contributed by atoms with Crippen molar-refractivity contribution in [3.63, 3.8) is 0 Å². The minimum absolute atomic E-state index is 0.111. The van der Waals surface area contributed by atoms with Gasteiger partial charge in [0.05, 0.1) is 15.5 Å². The molecule has 0 unspecified atom stereocenters. The highest BCUT2D eigenvalue weighted by Gasteiger charge is 2.13. The number of nitrogens with two attached hydrogens (primary N) is 1. The highest BCUT2D eigenvalue weighted by atomic mass is 35.5. The van der Waals surface area contributed by atoms with Crippen molar-refractivity contribution in [3.8, 4) is 11.6 Å². The summed E-state index contributed by atoms with van der Waals surface area (Å²) in [4.78, 5) is 18.0. The molecule has 0 bridgehead atoms. The smallest absolute Gasteiger partial charge is 0.271 e. The van der Waals surface area contributed by atoms with Crippen LogP contribution >= 0.6 is 11.6 Å². The summed E-state index contributed by atoms with van der Waals surface area (Å²) in [6.07, 6.45) is 1.27. The fraction of sp³-hybridized carbons (Fsp3) is 0.0909. The lowest BCUT2D eigenvalue weighted by Gasteiger charge is -2.10. The van der Waals surface area contributed by atoms with Crippen molar-refractivity contribution in [2.75, 3.05) is 5.43 Å². The molecule has 1 aromatic heterocycles. The van der Waals surface area contributed by atoms with Crippen molar-refractivity contribution in [1.29, 1.82) is 0 Å². The van der Waals surface area contributed by atoms with Crippen LogP contribution in [-0.2, 0) is 0 Å². The van der Waals surface area contributed by atoms with Crippen LogP contribution in [0.25, 0.3) is 0 Å². The molecule has 1 aromatic carbocycles. The average Bonchev–Trinajstić information content (AvgIpc) is 2.43. The summed E-state index contributed by atoms with van der Waals surface area (Å²) in [5.41, 5.74) is 2.87. The third-order valence-corrected chi connectivity index (χ3v) is 2.80. The number of nitro benzene ring substituents is 1. The molecule has 0 fully saturated rings. The molecule has 9 heteroatoms. The van der Waals surface area contributed by atoms with Crippen molar-refractivity contribution in [2.24, 2.45) is 5.84 Å². The molecule has 2 aromatic rings. The zero-order chi connectivity index (χ0) is 14.7. The Morgan fingerprint density at radius 3 is 2.80 bits per heavy atom. The van der Waals surface area contributed by atoms with Gasteiger partial charge in [0.15, 0.2) is 0 Å². The molecule has 0 amide bonds. The van der Waals surface area contributed by atoms with E-state index in [2.05, 4.69) is 15.4 Å². The van der Waals surface area contributed by atoms with Crippen LogP contribution in [0.3, 0.4) is 0 Å². The Balaban J connectivity index is 2.33. The number of nitrogen functional groups attached to an aromatic ring is 1. The summed E-state index contributed by atoms with van der Waals surface area (Å²) in [7, 11) is 0. The van der Waals surface area contributed by atoms with E-state index in [1.54, 1.807) is 6.92 Å². The van der Waals surface area contributed by atoms with Gasteiger partial charge in [-0.1, -0.05) is 11.6 Å². The largest absolute Gasteiger partial charge is 0.437 e. The van der Waals surface area contributed by atoms with Gasteiger partial charge in [0, 0.05) is 12.1 Å². The van der Waals surface area contributed by atoms with Crippen molar-refractivity contribution < 1.29 is 9.66 Å². The van der Waals surface area contributed by atoms with E-state index in [1.807, 2.05) is 0 Å². The quantitative estimate of drug-likeness (QED) is 0.505. The molecule has 0 aliphatic rings. The fourth-order valence-electron chi connectivity index (χ4n) is 1.47. The lowest BCUT2D eigenvalue weighted by Crippen LogP contribution is -2.11. The average molecular weight is 296 g/mol. The van der Waals surface area contributed by atoms with E-state index in [9.17, 15) is 10.1 Å². The molecule has 8 nitrogen and oxygen atoms in total. The van der Waals surface area contributed by atoms with E-state index >= 15 is 0 Å². The first-order valence-electron chi connectivity index (χ1n) is 5.43. The molecule has 104 valence electrons. The second-order valence-corrected chi connectivity index (χ2v) is 4.18. The van der Waals surface area contributed by atoms with Gasteiger partial charge in [-0.05, 0) is 13.0 Å². The molecular formula is C11H10ClN5O3. The van der Waals surface area contributed by atoms with Gasteiger partial charge in [0.25, 0.3) is 5.69 Å². The molecule has 0 saturated heterocycles. The normalized spacial score (nSPS) is 10.2. The van der Waals surface area contributed by atoms with E-state index in [-0.39, 0.29) is 22.3 Å². The topological polar surface area (TPSA) is 116 Å². The molecule has 0 aliphatic carbocycles. The summed E-state index contributed by atoms with van der Waals surface area (Å²) in [6.45, 7) is 1.71. The molecule has 3 N–H and O–H groups in total. The number of aromatic nitrogens is 2. The van der Waals surface area contributed by atoms with Gasteiger partial charge in [0.2, 0.25) is 5.88 Å². The van der Waals surface area contributed by atoms with E-state index in [4.69, 9.17) is 22.2 Å². The Morgan fingerprint density at radius 1 is 1.45 bits per heavy atom. The van der Waals surface area contributed by atoms with E-state index in [0.29, 0.717) is 11.4 Å². The van der Waals surface area contributed by atoms with Gasteiger partial charge in [-0.25, -0.2) is 15.8 Å². The highest BCUT2D eigenvalue weighted by Crippen LogP contribution is 2.33. The molecule has 0 spiro atoms. The minimum atomic E-state index is -0.540. The Bertz CT molecular complexity index is 665. The van der Waals surface area contributed by atoms with Gasteiger partial charge in [-0.3, -0.25) is 10.1 Å². The first kappa shape index (κ1) is 14.0. The summed E-state index contributed by atoms with van der Waals surface area (Å²) < 4.78 is 5.52. The summed E-state index contributed by atoms with van der Waals surface area (Å²) in [5, 5.41) is 10.7. The van der Waals surface area contributed by atoms with Crippen LogP contribution in [0.15, 0.2) is 24.5 Å². The number of nitro groups is 1. The molecular weight excluding hydrogens is 286 g/mol. The zero-order valence-corrected chi connectivity index (χ0v) is 11.1. The number of hydrogen-bond donors (Lipinski definition) is 2. The number of non-ortho nitro benzene ring substituents is 1. The van der Waals surface area contributed by atoms with Crippen LogP contribution in [0.1, 0.15) is 5.56 Å². The summed E-state index contributed by atoms with van der Waals surface area (Å²) in [5.74, 6) is 6.21. The Morgan fingerprint density at radius 2 is 2.20 bits per heavy atom. The zero-order valence-electron chi connectivity index (χ0n) is 10.3. The van der Waals surface area contributed by atoms with E-state index < -0.39 is 4.92 Å². The van der Waals surface area contributed by atoms with Crippen molar-refractivity contribution in [1.82, 2.24) is 9.97 Å². The number of hydrazine groups is 1. The van der Waals surface area contributed by atoms with Crippen LogP contribution in [0, 0.1) is 17.0 Å². The number of nitrogens with one attached hydrogen (secondary N) is 1. The molecule has 2 rings (SSSR count). The van der Waals surface area contributed by atoms with Gasteiger partial charge in [0.1, 0.15) is 17.9 Å². The summed E-state index contributed by atoms with van der Waals surface area (Å²) >= 11 is 5.94. The van der Waals surface area contributed by atoms with E-state index in [1.165, 1.54) is 24.5 Å². The molecule has 0 radical (unpaired) electrons. The molecule has 20 heavy (non-hydrogen) atoms. The predicted octanol–water partition coefficient (Wildman–Crippen LogP) is 2.42. The molecule has 0 aliphatic heterocycles. The highest BCUT2D eigenvalue weighted by molar-refractivity contribution is 6.32. The Labute approximate surface area is 118 Å². The van der Waals surface area contributed by atoms with E-state index in [0.717, 1.165) is 0 Å².